The van der Waals surface area contributed by atoms with E-state index >= 15 is 0 Å². The molecule has 1 rings (SSSR count). The maximum absolute atomic E-state index is 10.5. The molecule has 1 aromatic carbocycles. The lowest BCUT2D eigenvalue weighted by atomic mass is 10.1. The fraction of sp³-hybridized carbons (Fsp3) is 0. The number of carboxylic acids is 1. The first-order valence-electron chi connectivity index (χ1n) is 3.40. The summed E-state index contributed by atoms with van der Waals surface area (Å²) in [7, 11) is 0. The molecule has 3 N–H and O–H groups in total. The molecule has 0 spiro atoms. The summed E-state index contributed by atoms with van der Waals surface area (Å²) in [6.07, 6.45) is 0. The molecule has 1 aromatic rings. The Morgan fingerprint density at radius 1 is 1.38 bits per heavy atom. The Kier molecular flexibility index (Phi) is 2.49. The van der Waals surface area contributed by atoms with Crippen molar-refractivity contribution in [3.63, 3.8) is 0 Å². The SMILES string of the molecule is O=C(O)C(=NO)c1cccc(O)c1. The Hall–Kier alpha value is -2.04. The summed E-state index contributed by atoms with van der Waals surface area (Å²) in [6, 6.07) is 5.46. The first-order valence-corrected chi connectivity index (χ1v) is 3.40. The van der Waals surface area contributed by atoms with Crippen molar-refractivity contribution in [3.8, 4) is 5.75 Å². The number of hydrogen-bond donors (Lipinski definition) is 3. The number of rotatable bonds is 2. The number of phenols is 1. The fourth-order valence-electron chi connectivity index (χ4n) is 0.877. The van der Waals surface area contributed by atoms with Crippen LogP contribution in [0.1, 0.15) is 5.56 Å². The molecule has 0 fully saturated rings. The van der Waals surface area contributed by atoms with Gasteiger partial charge < -0.3 is 15.4 Å². The normalized spacial score (nSPS) is 11.2. The van der Waals surface area contributed by atoms with Crippen LogP contribution in [0, 0.1) is 0 Å². The minimum Gasteiger partial charge on any atom is -0.508 e. The van der Waals surface area contributed by atoms with E-state index in [2.05, 4.69) is 5.16 Å². The zero-order valence-electron chi connectivity index (χ0n) is 6.51. The van der Waals surface area contributed by atoms with Crippen LogP contribution < -0.4 is 0 Å². The van der Waals surface area contributed by atoms with Crippen LogP contribution in [0.3, 0.4) is 0 Å². The average molecular weight is 181 g/mol. The molecule has 0 aromatic heterocycles. The molecule has 0 radical (unpaired) electrons. The summed E-state index contributed by atoms with van der Waals surface area (Å²) >= 11 is 0. The van der Waals surface area contributed by atoms with Gasteiger partial charge in [0.05, 0.1) is 0 Å². The van der Waals surface area contributed by atoms with Crippen molar-refractivity contribution >= 4 is 11.7 Å². The van der Waals surface area contributed by atoms with Gasteiger partial charge in [0.25, 0.3) is 0 Å². The molecule has 0 aliphatic carbocycles. The Morgan fingerprint density at radius 3 is 2.54 bits per heavy atom. The van der Waals surface area contributed by atoms with E-state index in [0.29, 0.717) is 0 Å². The fourth-order valence-corrected chi connectivity index (χ4v) is 0.877. The minimum atomic E-state index is -1.35. The molecule has 0 aliphatic heterocycles. The molecule has 0 bridgehead atoms. The lowest BCUT2D eigenvalue weighted by Gasteiger charge is -1.98. The first-order chi connectivity index (χ1) is 6.15. The minimum absolute atomic E-state index is 0.0834. The van der Waals surface area contributed by atoms with E-state index in [1.807, 2.05) is 0 Å². The second-order valence-electron chi connectivity index (χ2n) is 2.30. The molecular formula is C8H7NO4. The van der Waals surface area contributed by atoms with Gasteiger partial charge in [0, 0.05) is 5.56 Å². The molecule has 0 saturated carbocycles. The number of aromatic hydroxyl groups is 1. The Balaban J connectivity index is 3.14. The Bertz CT molecular complexity index is 359. The van der Waals surface area contributed by atoms with Crippen molar-refractivity contribution in [1.82, 2.24) is 0 Å². The number of phenolic OH excluding ortho intramolecular Hbond substituents is 1. The largest absolute Gasteiger partial charge is 0.508 e. The van der Waals surface area contributed by atoms with Crippen molar-refractivity contribution in [3.05, 3.63) is 29.8 Å². The number of carbonyl (C=O) groups is 1. The highest BCUT2D eigenvalue weighted by atomic mass is 16.4. The molecular weight excluding hydrogens is 174 g/mol. The van der Waals surface area contributed by atoms with Gasteiger partial charge >= 0.3 is 5.97 Å². The molecule has 0 unspecified atom stereocenters. The lowest BCUT2D eigenvalue weighted by Crippen LogP contribution is -2.14. The summed E-state index contributed by atoms with van der Waals surface area (Å²) in [5.41, 5.74) is -0.356. The summed E-state index contributed by atoms with van der Waals surface area (Å²) in [6.45, 7) is 0. The van der Waals surface area contributed by atoms with Crippen LogP contribution in [0.15, 0.2) is 29.4 Å². The molecule has 0 aliphatic rings. The molecule has 5 nitrogen and oxygen atoms in total. The van der Waals surface area contributed by atoms with Crippen LogP contribution in [0.2, 0.25) is 0 Å². The third-order valence-electron chi connectivity index (χ3n) is 1.42. The topological polar surface area (TPSA) is 90.1 Å². The molecule has 0 atom stereocenters. The van der Waals surface area contributed by atoms with Gasteiger partial charge in [-0.15, -0.1) is 0 Å². The second kappa shape index (κ2) is 3.57. The van der Waals surface area contributed by atoms with Crippen LogP contribution in [-0.2, 0) is 4.79 Å². The highest BCUT2D eigenvalue weighted by molar-refractivity contribution is 6.42. The van der Waals surface area contributed by atoms with Crippen LogP contribution in [-0.4, -0.2) is 27.1 Å². The van der Waals surface area contributed by atoms with Gasteiger partial charge in [0.15, 0.2) is 5.71 Å². The van der Waals surface area contributed by atoms with Gasteiger partial charge in [-0.2, -0.15) is 0 Å². The van der Waals surface area contributed by atoms with Gasteiger partial charge in [-0.3, -0.25) is 0 Å². The number of carboxylic acid groups (broad SMARTS) is 1. The van der Waals surface area contributed by atoms with Gasteiger partial charge in [-0.25, -0.2) is 4.79 Å². The molecule has 5 heteroatoms. The monoisotopic (exact) mass is 181 g/mol. The number of aliphatic carboxylic acids is 1. The Morgan fingerprint density at radius 2 is 2.08 bits per heavy atom. The lowest BCUT2D eigenvalue weighted by molar-refractivity contribution is -0.129. The van der Waals surface area contributed by atoms with Crippen LogP contribution in [0.5, 0.6) is 5.75 Å². The summed E-state index contributed by atoms with van der Waals surface area (Å²) in [4.78, 5) is 10.5. The predicted octanol–water partition coefficient (Wildman–Crippen LogP) is 0.655. The zero-order valence-corrected chi connectivity index (χ0v) is 6.51. The molecule has 0 heterocycles. The van der Waals surface area contributed by atoms with Crippen molar-refractivity contribution in [2.45, 2.75) is 0 Å². The first kappa shape index (κ1) is 9.05. The smallest absolute Gasteiger partial charge is 0.358 e. The summed E-state index contributed by atoms with van der Waals surface area (Å²) in [5, 5.41) is 28.5. The maximum Gasteiger partial charge on any atom is 0.358 e. The quantitative estimate of drug-likeness (QED) is 0.355. The van der Waals surface area contributed by atoms with E-state index in [1.54, 1.807) is 0 Å². The van der Waals surface area contributed by atoms with Crippen molar-refractivity contribution in [2.75, 3.05) is 0 Å². The number of oxime groups is 1. The molecule has 0 amide bonds. The number of hydrogen-bond acceptors (Lipinski definition) is 4. The van der Waals surface area contributed by atoms with E-state index in [9.17, 15) is 4.79 Å². The number of nitrogens with zero attached hydrogens (tertiary/aromatic N) is 1. The highest BCUT2D eigenvalue weighted by Crippen LogP contribution is 2.11. The van der Waals surface area contributed by atoms with Gasteiger partial charge in [-0.1, -0.05) is 17.3 Å². The average Bonchev–Trinajstić information content (AvgIpc) is 2.04. The van der Waals surface area contributed by atoms with Crippen LogP contribution in [0.25, 0.3) is 0 Å². The van der Waals surface area contributed by atoms with E-state index < -0.39 is 11.7 Å². The highest BCUT2D eigenvalue weighted by Gasteiger charge is 2.12. The van der Waals surface area contributed by atoms with Crippen molar-refractivity contribution < 1.29 is 20.2 Å². The van der Waals surface area contributed by atoms with Gasteiger partial charge in [0.1, 0.15) is 5.75 Å². The van der Waals surface area contributed by atoms with E-state index in [-0.39, 0.29) is 11.3 Å². The maximum atomic E-state index is 10.5. The third kappa shape index (κ3) is 1.96. The van der Waals surface area contributed by atoms with E-state index in [0.717, 1.165) is 0 Å². The summed E-state index contributed by atoms with van der Waals surface area (Å²) < 4.78 is 0. The predicted molar refractivity (Wildman–Crippen MR) is 44.1 cm³/mol. The van der Waals surface area contributed by atoms with Crippen molar-refractivity contribution in [1.29, 1.82) is 0 Å². The summed E-state index contributed by atoms with van der Waals surface area (Å²) in [5.74, 6) is -1.44. The van der Waals surface area contributed by atoms with Gasteiger partial charge in [-0.05, 0) is 12.1 Å². The van der Waals surface area contributed by atoms with Crippen molar-refractivity contribution in [2.24, 2.45) is 5.16 Å². The van der Waals surface area contributed by atoms with Crippen LogP contribution >= 0.6 is 0 Å². The van der Waals surface area contributed by atoms with Gasteiger partial charge in [0.2, 0.25) is 0 Å². The molecule has 68 valence electrons. The number of benzene rings is 1. The second-order valence-corrected chi connectivity index (χ2v) is 2.30. The zero-order chi connectivity index (χ0) is 9.84. The standard InChI is InChI=1S/C8H7NO4/c10-6-3-1-2-5(4-6)7(9-13)8(11)12/h1-4,10,13H,(H,11,12). The third-order valence-corrected chi connectivity index (χ3v) is 1.42. The van der Waals surface area contributed by atoms with E-state index in [4.69, 9.17) is 15.4 Å². The van der Waals surface area contributed by atoms with Crippen LogP contribution in [0.4, 0.5) is 0 Å². The van der Waals surface area contributed by atoms with E-state index in [1.165, 1.54) is 24.3 Å². The molecule has 13 heavy (non-hydrogen) atoms. The Labute approximate surface area is 73.6 Å². The molecule has 0 saturated heterocycles.